The van der Waals surface area contributed by atoms with Gasteiger partial charge in [0, 0.05) is 36.9 Å². The summed E-state index contributed by atoms with van der Waals surface area (Å²) >= 11 is 0. The fraction of sp³-hybridized carbons (Fsp3) is 0.586. The van der Waals surface area contributed by atoms with Crippen molar-refractivity contribution in [1.29, 1.82) is 0 Å². The van der Waals surface area contributed by atoms with Crippen LogP contribution in [0.5, 0.6) is 0 Å². The van der Waals surface area contributed by atoms with Gasteiger partial charge in [0.05, 0.1) is 0 Å². The second-order valence-corrected chi connectivity index (χ2v) is 3.63. The summed E-state index contributed by atoms with van der Waals surface area (Å²) in [5.41, 5.74) is 1.32. The third-order valence-electron chi connectivity index (χ3n) is 1.61. The molecular formula is C29H74BO2P4. The van der Waals surface area contributed by atoms with Crippen molar-refractivity contribution in [2.45, 2.75) is 90.0 Å². The van der Waals surface area contributed by atoms with Crippen LogP contribution in [-0.4, -0.2) is 36.9 Å². The second-order valence-electron chi connectivity index (χ2n) is 3.63. The topological polar surface area (TPSA) is 18.5 Å². The molecule has 0 heterocycles. The Kier molecular flexibility index (Phi) is 364. The molecule has 225 valence electrons. The van der Waals surface area contributed by atoms with Gasteiger partial charge in [-0.15, -0.1) is 0 Å². The van der Waals surface area contributed by atoms with E-state index in [1.54, 1.807) is 28.4 Å². The Labute approximate surface area is 247 Å². The normalized spacial score (nSPS) is 5.03. The Morgan fingerprint density at radius 2 is 0.472 bits per heavy atom. The summed E-state index contributed by atoms with van der Waals surface area (Å²) in [6.07, 6.45) is 0. The van der Waals surface area contributed by atoms with E-state index < -0.39 is 0 Å². The van der Waals surface area contributed by atoms with Gasteiger partial charge in [-0.1, -0.05) is 155 Å². The predicted molar refractivity (Wildman–Crippen MR) is 202 cm³/mol. The van der Waals surface area contributed by atoms with Gasteiger partial charge in [0.15, 0.2) is 0 Å². The van der Waals surface area contributed by atoms with E-state index >= 15 is 0 Å². The summed E-state index contributed by atoms with van der Waals surface area (Å²) < 4.78 is 8.50. The van der Waals surface area contributed by atoms with Gasteiger partial charge in [-0.3, -0.25) is 0 Å². The molecule has 0 bridgehead atoms. The lowest BCUT2D eigenvalue weighted by molar-refractivity contribution is 0.277. The van der Waals surface area contributed by atoms with Gasteiger partial charge >= 0.3 is 0 Å². The Balaban J connectivity index is -0.0000000155. The lowest BCUT2D eigenvalue weighted by atomic mass is 10.2. The van der Waals surface area contributed by atoms with Crippen LogP contribution in [0.1, 0.15) is 88.6 Å². The minimum absolute atomic E-state index is 0. The number of ether oxygens (including phenoxy) is 2. The van der Waals surface area contributed by atoms with Gasteiger partial charge < -0.3 is 9.47 Å². The highest BCUT2D eigenvalue weighted by molar-refractivity contribution is 6.92. The van der Waals surface area contributed by atoms with Crippen LogP contribution in [0.25, 0.3) is 0 Å². The number of benzene rings is 2. The molecule has 0 aromatic heterocycles. The maximum Gasteiger partial charge on any atom is 0.0351 e. The van der Waals surface area contributed by atoms with E-state index in [-0.39, 0.29) is 48.0 Å². The molecule has 7 heteroatoms. The second kappa shape index (κ2) is 157. The Morgan fingerprint density at radius 1 is 0.361 bits per heavy atom. The van der Waals surface area contributed by atoms with Crippen molar-refractivity contribution in [3.8, 4) is 0 Å². The van der Waals surface area contributed by atoms with Crippen molar-refractivity contribution >= 4 is 48.0 Å². The predicted octanol–water partition coefficient (Wildman–Crippen LogP) is 10.2. The maximum absolute atomic E-state index is 4.25. The SMILES string of the molecule is CC.CC.CC.CC.CC.CC.COC.COC.Cc1ccccc1.P.P.P.P.[B].c1ccccc1. The fourth-order valence-electron chi connectivity index (χ4n) is 0.919. The summed E-state index contributed by atoms with van der Waals surface area (Å²) in [7, 11) is 6.50. The number of hydrogen-bond acceptors (Lipinski definition) is 2. The van der Waals surface area contributed by atoms with Crippen LogP contribution in [0.2, 0.25) is 0 Å². The van der Waals surface area contributed by atoms with Crippen LogP contribution >= 0.6 is 39.6 Å². The van der Waals surface area contributed by atoms with E-state index in [0.717, 1.165) is 0 Å². The van der Waals surface area contributed by atoms with Gasteiger partial charge in [0.1, 0.15) is 0 Å². The molecule has 0 fully saturated rings. The number of aryl methyl sites for hydroxylation is 1. The lowest BCUT2D eigenvalue weighted by Crippen LogP contribution is -1.62. The zero-order valence-corrected chi connectivity index (χ0v) is 33.7. The van der Waals surface area contributed by atoms with Gasteiger partial charge in [0.25, 0.3) is 0 Å². The molecule has 2 nitrogen and oxygen atoms in total. The maximum atomic E-state index is 4.25. The molecule has 3 radical (unpaired) electrons. The summed E-state index contributed by atoms with van der Waals surface area (Å²) in [5, 5.41) is 0. The van der Waals surface area contributed by atoms with E-state index in [0.29, 0.717) is 0 Å². The summed E-state index contributed by atoms with van der Waals surface area (Å²) in [6.45, 7) is 26.1. The zero-order valence-electron chi connectivity index (χ0n) is 28.1. The lowest BCUT2D eigenvalue weighted by Gasteiger charge is -1.82. The molecule has 2 aromatic rings. The zero-order chi connectivity index (χ0) is 26.8. The first-order valence-corrected chi connectivity index (χ1v) is 12.0. The van der Waals surface area contributed by atoms with Crippen LogP contribution < -0.4 is 0 Å². The molecule has 0 aliphatic rings. The smallest absolute Gasteiger partial charge is 0.0351 e. The van der Waals surface area contributed by atoms with E-state index in [1.807, 2.05) is 138 Å². The minimum Gasteiger partial charge on any atom is -0.388 e. The first-order chi connectivity index (χ1) is 15.2. The number of methoxy groups -OCH3 is 2. The van der Waals surface area contributed by atoms with Crippen LogP contribution in [0.3, 0.4) is 0 Å². The summed E-state index contributed by atoms with van der Waals surface area (Å²) in [6, 6.07) is 22.3. The Morgan fingerprint density at radius 3 is 0.556 bits per heavy atom. The molecule has 0 aliphatic carbocycles. The average molecular weight is 590 g/mol. The molecular weight excluding hydrogens is 515 g/mol. The van der Waals surface area contributed by atoms with Crippen LogP contribution in [0, 0.1) is 6.92 Å². The molecule has 0 saturated heterocycles. The van der Waals surface area contributed by atoms with Gasteiger partial charge in [-0.25, -0.2) is 0 Å². The van der Waals surface area contributed by atoms with Crippen LogP contribution in [0.15, 0.2) is 66.7 Å². The highest BCUT2D eigenvalue weighted by atomic mass is 31.0. The highest BCUT2D eigenvalue weighted by Gasteiger charge is 1.72. The third kappa shape index (κ3) is 187. The van der Waals surface area contributed by atoms with Crippen molar-refractivity contribution in [3.05, 3.63) is 72.3 Å². The van der Waals surface area contributed by atoms with Crippen LogP contribution in [-0.2, 0) is 9.47 Å². The van der Waals surface area contributed by atoms with E-state index in [4.69, 9.17) is 0 Å². The van der Waals surface area contributed by atoms with Crippen LogP contribution in [0.4, 0.5) is 0 Å². The fourth-order valence-corrected chi connectivity index (χ4v) is 0.919. The number of hydrogen-bond donors (Lipinski definition) is 0. The molecule has 4 unspecified atom stereocenters. The van der Waals surface area contributed by atoms with Crippen molar-refractivity contribution in [2.24, 2.45) is 0 Å². The van der Waals surface area contributed by atoms with Gasteiger partial charge in [-0.05, 0) is 6.92 Å². The quantitative estimate of drug-likeness (QED) is 0.225. The number of rotatable bonds is 0. The van der Waals surface area contributed by atoms with Crippen molar-refractivity contribution in [2.75, 3.05) is 28.4 Å². The molecule has 0 amide bonds. The third-order valence-corrected chi connectivity index (χ3v) is 1.61. The van der Waals surface area contributed by atoms with E-state index in [1.165, 1.54) is 5.56 Å². The standard InChI is InChI=1S/C7H8.C6H6.2C2H6O.6C2H6.B.4H3P/c1-7-5-3-2-4-6-7;1-2-4-6-5-3-1;2*1-3-2;6*1-2;;;;;/h2-6H,1H3;1-6H;2*1-2H3;6*1-2H3;;4*1H3. The van der Waals surface area contributed by atoms with Crippen molar-refractivity contribution < 1.29 is 9.47 Å². The molecule has 2 aromatic carbocycles. The van der Waals surface area contributed by atoms with Gasteiger partial charge in [0.2, 0.25) is 0 Å². The first-order valence-electron chi connectivity index (χ1n) is 12.0. The largest absolute Gasteiger partial charge is 0.388 e. The Bertz CT molecular complexity index is 330. The average Bonchev–Trinajstić information content (AvgIpc) is 2.89. The van der Waals surface area contributed by atoms with Gasteiger partial charge in [-0.2, -0.15) is 39.6 Å². The molecule has 0 N–H and O–H groups in total. The monoisotopic (exact) mass is 589 g/mol. The van der Waals surface area contributed by atoms with Crippen molar-refractivity contribution in [1.82, 2.24) is 0 Å². The van der Waals surface area contributed by atoms with Crippen molar-refractivity contribution in [3.63, 3.8) is 0 Å². The molecule has 0 aliphatic heterocycles. The van der Waals surface area contributed by atoms with E-state index in [9.17, 15) is 0 Å². The summed E-state index contributed by atoms with van der Waals surface area (Å²) in [5.74, 6) is 0. The molecule has 0 saturated carbocycles. The van der Waals surface area contributed by atoms with E-state index in [2.05, 4.69) is 28.5 Å². The minimum atomic E-state index is 0. The molecule has 2 rings (SSSR count). The Hall–Kier alpha value is 0.145. The molecule has 0 spiro atoms. The molecule has 4 atom stereocenters. The summed E-state index contributed by atoms with van der Waals surface area (Å²) in [4.78, 5) is 0. The molecule has 36 heavy (non-hydrogen) atoms. The highest BCUT2D eigenvalue weighted by Crippen LogP contribution is 1.92. The first kappa shape index (κ1) is 83.3.